The summed E-state index contributed by atoms with van der Waals surface area (Å²) >= 11 is 0. The summed E-state index contributed by atoms with van der Waals surface area (Å²) in [4.78, 5) is 33.8. The van der Waals surface area contributed by atoms with Crippen molar-refractivity contribution in [2.75, 3.05) is 0 Å². The second-order valence-electron chi connectivity index (χ2n) is 4.42. The molecule has 1 rings (SSSR count). The average molecular weight is 227 g/mol. The van der Waals surface area contributed by atoms with Gasteiger partial charge in [0.1, 0.15) is 12.1 Å². The summed E-state index contributed by atoms with van der Waals surface area (Å²) in [6.45, 7) is 3.93. The van der Waals surface area contributed by atoms with Crippen LogP contribution in [0.2, 0.25) is 0 Å². The number of nitrogens with two attached hydrogens (primary N) is 1. The molecule has 6 nitrogen and oxygen atoms in total. The van der Waals surface area contributed by atoms with E-state index in [9.17, 15) is 14.4 Å². The van der Waals surface area contributed by atoms with Gasteiger partial charge in [-0.3, -0.25) is 14.4 Å². The lowest BCUT2D eigenvalue weighted by Gasteiger charge is -2.29. The highest BCUT2D eigenvalue weighted by Gasteiger charge is 2.34. The Morgan fingerprint density at radius 3 is 2.25 bits per heavy atom. The summed E-state index contributed by atoms with van der Waals surface area (Å²) in [5.74, 6) is -0.893. The van der Waals surface area contributed by atoms with Gasteiger partial charge in [-0.25, -0.2) is 0 Å². The molecule has 1 aliphatic heterocycles. The fourth-order valence-corrected chi connectivity index (χ4v) is 1.66. The monoisotopic (exact) mass is 227 g/mol. The number of primary amides is 1. The Bertz CT molecular complexity index is 314. The van der Waals surface area contributed by atoms with Crippen molar-refractivity contribution in [3.8, 4) is 0 Å². The fraction of sp³-hybridized carbons (Fsp3) is 0.700. The molecule has 3 amide bonds. The molecule has 0 saturated carbocycles. The zero-order valence-electron chi connectivity index (χ0n) is 9.45. The van der Waals surface area contributed by atoms with Crippen molar-refractivity contribution in [1.82, 2.24) is 10.6 Å². The Morgan fingerprint density at radius 2 is 1.75 bits per heavy atom. The van der Waals surface area contributed by atoms with Gasteiger partial charge in [0, 0.05) is 0 Å². The third-order valence-electron chi connectivity index (χ3n) is 2.38. The first-order valence-corrected chi connectivity index (χ1v) is 5.29. The number of rotatable bonds is 4. The van der Waals surface area contributed by atoms with Crippen molar-refractivity contribution in [2.45, 2.75) is 38.8 Å². The maximum Gasteiger partial charge on any atom is 0.243 e. The van der Waals surface area contributed by atoms with Gasteiger partial charge in [-0.1, -0.05) is 13.8 Å². The molecule has 0 aromatic rings. The Balaban J connectivity index is 2.60. The number of carbonyl (C=O) groups is 3. The van der Waals surface area contributed by atoms with Crippen LogP contribution in [-0.2, 0) is 14.4 Å². The van der Waals surface area contributed by atoms with E-state index in [0.717, 1.165) is 0 Å². The van der Waals surface area contributed by atoms with Crippen LogP contribution in [0.3, 0.4) is 0 Å². The van der Waals surface area contributed by atoms with E-state index in [1.54, 1.807) is 0 Å². The molecule has 1 saturated heterocycles. The smallest absolute Gasteiger partial charge is 0.243 e. The van der Waals surface area contributed by atoms with E-state index in [1.165, 1.54) is 0 Å². The second-order valence-corrected chi connectivity index (χ2v) is 4.42. The van der Waals surface area contributed by atoms with Gasteiger partial charge in [-0.15, -0.1) is 0 Å². The lowest BCUT2D eigenvalue weighted by atomic mass is 9.99. The highest BCUT2D eigenvalue weighted by Crippen LogP contribution is 2.09. The molecule has 0 radical (unpaired) electrons. The molecule has 16 heavy (non-hydrogen) atoms. The molecular weight excluding hydrogens is 210 g/mol. The lowest BCUT2D eigenvalue weighted by molar-refractivity contribution is -0.138. The van der Waals surface area contributed by atoms with Crippen LogP contribution in [0.5, 0.6) is 0 Å². The molecule has 6 heteroatoms. The van der Waals surface area contributed by atoms with Gasteiger partial charge in [0.15, 0.2) is 0 Å². The first-order valence-electron chi connectivity index (χ1n) is 5.29. The largest absolute Gasteiger partial charge is 0.370 e. The van der Waals surface area contributed by atoms with E-state index in [0.29, 0.717) is 12.3 Å². The van der Waals surface area contributed by atoms with Crippen molar-refractivity contribution in [3.63, 3.8) is 0 Å². The Hall–Kier alpha value is -1.59. The molecule has 0 aliphatic carbocycles. The first-order chi connectivity index (χ1) is 7.40. The summed E-state index contributed by atoms with van der Waals surface area (Å²) in [6, 6.07) is -1.33. The van der Waals surface area contributed by atoms with Gasteiger partial charge in [0.2, 0.25) is 17.7 Å². The first kappa shape index (κ1) is 12.5. The zero-order chi connectivity index (χ0) is 12.3. The SMILES string of the molecule is CC(C)C[C@@H]1NC(=O)[C@H](CC(N)=O)NC1=O. The molecule has 4 N–H and O–H groups in total. The Kier molecular flexibility index (Phi) is 3.87. The summed E-state index contributed by atoms with van der Waals surface area (Å²) in [5.41, 5.74) is 4.98. The molecule has 1 heterocycles. The standard InChI is InChI=1S/C10H17N3O3/c1-5(2)3-6-9(15)13-7(4-8(11)14)10(16)12-6/h5-7H,3-4H2,1-2H3,(H2,11,14)(H,12,16)(H,13,15)/t6-,7-/m0/s1. The number of amides is 3. The maximum absolute atomic E-state index is 11.6. The molecule has 90 valence electrons. The summed E-state index contributed by atoms with van der Waals surface area (Å²) in [6.07, 6.45) is 0.423. The molecule has 0 bridgehead atoms. The minimum Gasteiger partial charge on any atom is -0.370 e. The zero-order valence-corrected chi connectivity index (χ0v) is 9.45. The summed E-state index contributed by atoms with van der Waals surface area (Å²) < 4.78 is 0. The van der Waals surface area contributed by atoms with Crippen LogP contribution in [0.15, 0.2) is 0 Å². The minimum atomic E-state index is -0.826. The summed E-state index contributed by atoms with van der Waals surface area (Å²) in [7, 11) is 0. The minimum absolute atomic E-state index is 0.161. The van der Waals surface area contributed by atoms with Gasteiger partial charge in [-0.05, 0) is 12.3 Å². The fourth-order valence-electron chi connectivity index (χ4n) is 1.66. The predicted octanol–water partition coefficient (Wildman–Crippen LogP) is -1.11. The van der Waals surface area contributed by atoms with Crippen molar-refractivity contribution in [2.24, 2.45) is 11.7 Å². The number of carbonyl (C=O) groups excluding carboxylic acids is 3. The van der Waals surface area contributed by atoms with Gasteiger partial charge in [-0.2, -0.15) is 0 Å². The molecule has 2 atom stereocenters. The van der Waals surface area contributed by atoms with Crippen LogP contribution >= 0.6 is 0 Å². The quantitative estimate of drug-likeness (QED) is 0.567. The van der Waals surface area contributed by atoms with Gasteiger partial charge in [0.05, 0.1) is 6.42 Å². The second kappa shape index (κ2) is 4.96. The van der Waals surface area contributed by atoms with Crippen molar-refractivity contribution < 1.29 is 14.4 Å². The van der Waals surface area contributed by atoms with E-state index in [-0.39, 0.29) is 18.2 Å². The maximum atomic E-state index is 11.6. The third-order valence-corrected chi connectivity index (χ3v) is 2.38. The Morgan fingerprint density at radius 1 is 1.25 bits per heavy atom. The van der Waals surface area contributed by atoms with Crippen LogP contribution in [0.1, 0.15) is 26.7 Å². The van der Waals surface area contributed by atoms with Crippen molar-refractivity contribution in [1.29, 1.82) is 0 Å². The van der Waals surface area contributed by atoms with Crippen molar-refractivity contribution in [3.05, 3.63) is 0 Å². The predicted molar refractivity (Wildman–Crippen MR) is 57.1 cm³/mol. The number of hydrogen-bond acceptors (Lipinski definition) is 3. The number of piperazine rings is 1. The average Bonchev–Trinajstić information content (AvgIpc) is 2.11. The molecule has 0 aromatic heterocycles. The van der Waals surface area contributed by atoms with Gasteiger partial charge >= 0.3 is 0 Å². The van der Waals surface area contributed by atoms with Crippen molar-refractivity contribution >= 4 is 17.7 Å². The third kappa shape index (κ3) is 3.22. The molecule has 0 spiro atoms. The number of hydrogen-bond donors (Lipinski definition) is 3. The van der Waals surface area contributed by atoms with Crippen LogP contribution in [-0.4, -0.2) is 29.8 Å². The number of nitrogens with one attached hydrogen (secondary N) is 2. The van der Waals surface area contributed by atoms with Crippen LogP contribution in [0, 0.1) is 5.92 Å². The van der Waals surface area contributed by atoms with Crippen LogP contribution in [0.4, 0.5) is 0 Å². The molecule has 0 aromatic carbocycles. The van der Waals surface area contributed by atoms with E-state index in [4.69, 9.17) is 5.73 Å². The lowest BCUT2D eigenvalue weighted by Crippen LogP contribution is -2.62. The van der Waals surface area contributed by atoms with Crippen LogP contribution in [0.25, 0.3) is 0 Å². The summed E-state index contributed by atoms with van der Waals surface area (Å²) in [5, 5.41) is 5.10. The highest BCUT2D eigenvalue weighted by atomic mass is 16.2. The van der Waals surface area contributed by atoms with E-state index >= 15 is 0 Å². The molecule has 0 unspecified atom stereocenters. The topological polar surface area (TPSA) is 101 Å². The molecule has 1 fully saturated rings. The molecule has 1 aliphatic rings. The molecular formula is C10H17N3O3. The van der Waals surface area contributed by atoms with E-state index < -0.39 is 18.0 Å². The van der Waals surface area contributed by atoms with E-state index in [2.05, 4.69) is 10.6 Å². The van der Waals surface area contributed by atoms with E-state index in [1.807, 2.05) is 13.8 Å². The highest BCUT2D eigenvalue weighted by molar-refractivity contribution is 5.98. The Labute approximate surface area is 93.9 Å². The van der Waals surface area contributed by atoms with Gasteiger partial charge < -0.3 is 16.4 Å². The normalized spacial score (nSPS) is 25.2. The van der Waals surface area contributed by atoms with Gasteiger partial charge in [0.25, 0.3) is 0 Å². The van der Waals surface area contributed by atoms with Crippen LogP contribution < -0.4 is 16.4 Å².